The number of ether oxygens (including phenoxy) is 12. The highest BCUT2D eigenvalue weighted by Gasteiger charge is 2.43. The van der Waals surface area contributed by atoms with E-state index in [0.717, 1.165) is 26.3 Å². The van der Waals surface area contributed by atoms with E-state index in [9.17, 15) is 56.6 Å². The van der Waals surface area contributed by atoms with Crippen LogP contribution in [-0.2, 0) is 119 Å². The Morgan fingerprint density at radius 3 is 1.11 bits per heavy atom. The summed E-state index contributed by atoms with van der Waals surface area (Å²) in [7, 11) is -14.1. The number of nitrogens with two attached hydrogens (primary N) is 4. The third kappa shape index (κ3) is 31.6. The average molecular weight is 2120 g/mol. The lowest BCUT2D eigenvalue weighted by Gasteiger charge is -2.25. The van der Waals surface area contributed by atoms with Gasteiger partial charge in [-0.1, -0.05) is 107 Å². The Bertz CT molecular complexity index is 6570. The third-order valence-corrected chi connectivity index (χ3v) is 27.0. The molecule has 16 atom stereocenters. The van der Waals surface area contributed by atoms with Gasteiger partial charge in [-0.3, -0.25) is 55.5 Å². The van der Waals surface area contributed by atoms with E-state index in [1.807, 2.05) is 54.6 Å². The maximum Gasteiger partial charge on any atom is 0.459 e. The molecule has 0 saturated carbocycles. The lowest BCUT2D eigenvalue weighted by Crippen LogP contribution is -2.39. The molecule has 9 heterocycles. The fraction of sp³-hybridized carbons (Fsp3) is 0.364. The van der Waals surface area contributed by atoms with Crippen LogP contribution in [0, 0.1) is 0 Å². The first-order chi connectivity index (χ1) is 67.8. The van der Waals surface area contributed by atoms with Crippen LogP contribution in [0.4, 0.5) is 23.3 Å². The minimum atomic E-state index is -4.22. The molecule has 0 spiro atoms. The number of carbonyl (C=O) groups excluding carboxylic acids is 4. The van der Waals surface area contributed by atoms with Crippen molar-refractivity contribution in [2.45, 2.75) is 141 Å². The summed E-state index contributed by atoms with van der Waals surface area (Å²) in [6.07, 6.45) is -0.00692. The van der Waals surface area contributed by atoms with Gasteiger partial charge in [0.1, 0.15) is 96.9 Å². The first-order valence-electron chi connectivity index (χ1n) is 43.6. The Labute approximate surface area is 818 Å². The molecule has 4 saturated heterocycles. The lowest BCUT2D eigenvalue weighted by atomic mass is 10.1. The van der Waals surface area contributed by atoms with Crippen LogP contribution in [0.15, 0.2) is 231 Å². The minimum Gasteiger partial charge on any atom is -0.468 e. The SMILES string of the molecule is CC(C)OC(=O)[C@H](C)NP(=O)(OC[C@H]1OC[C@@H](n2ccc(N)nc2=O)O1)Oc1cccc2ccccc12.CC(C)OC(=O)[C@H](C)NP(=O)(OC[C@H]1OC[C@@H](n2ccc(N)nc2=O)O1)Oc1ccccc1.COC(=O)[C@@H](Cc1c[nH]c2ccccc12)NP(=O)(OC[C@H]1OC[C@@H](n2ccc(N)nc2=O)O1)Oc1ccccc1.COC(=O)[C@H](C)NP(=O)(OC[C@H]1OC[C@@H](n2ccc(N)nc2=O)O1)Oc1ccc(Br)cc1. The number of H-pyrrole nitrogens is 1. The monoisotopic (exact) mass is 2120 g/mol. The number of benzene rings is 6. The Balaban J connectivity index is 0.000000170. The molecule has 15 rings (SSSR count). The number of para-hydroxylation sites is 3. The zero-order valence-corrected chi connectivity index (χ0v) is 82.9. The predicted molar refractivity (Wildman–Crippen MR) is 512 cm³/mol. The second-order valence-electron chi connectivity index (χ2n) is 31.5. The van der Waals surface area contributed by atoms with Crippen LogP contribution in [0.1, 0.15) is 78.9 Å². The summed E-state index contributed by atoms with van der Waals surface area (Å²) in [4.78, 5) is 115. The summed E-state index contributed by atoms with van der Waals surface area (Å²) in [5.74, 6) is -1.16. The molecule has 54 heteroatoms. The van der Waals surface area contributed by atoms with Crippen molar-refractivity contribution < 1.29 is 130 Å². The van der Waals surface area contributed by atoms with E-state index in [0.29, 0.717) is 11.1 Å². The number of hydrogen-bond donors (Lipinski definition) is 9. The summed E-state index contributed by atoms with van der Waals surface area (Å²) >= 11 is 3.30. The van der Waals surface area contributed by atoms with Crippen molar-refractivity contribution in [2.24, 2.45) is 0 Å². The van der Waals surface area contributed by atoms with Gasteiger partial charge in [-0.25, -0.2) is 37.4 Å². The number of hydrogen-bond acceptors (Lipinski definition) is 40. The smallest absolute Gasteiger partial charge is 0.459 e. The second-order valence-corrected chi connectivity index (χ2v) is 39.2. The fourth-order valence-electron chi connectivity index (χ4n) is 13.3. The minimum absolute atomic E-state index is 0.0160. The van der Waals surface area contributed by atoms with Crippen molar-refractivity contribution in [3.05, 3.63) is 259 Å². The van der Waals surface area contributed by atoms with E-state index in [-0.39, 0.29) is 112 Å². The number of anilines is 4. The summed E-state index contributed by atoms with van der Waals surface area (Å²) in [5, 5.41) is 13.0. The molecule has 49 nitrogen and oxygen atoms in total. The molecule has 4 fully saturated rings. The third-order valence-electron chi connectivity index (χ3n) is 20.0. The molecule has 6 aromatic carbocycles. The summed E-state index contributed by atoms with van der Waals surface area (Å²) in [6, 6.07) is 45.3. The number of nitrogens with zero attached hydrogens (tertiary/aromatic N) is 8. The van der Waals surface area contributed by atoms with Crippen LogP contribution in [0.2, 0.25) is 0 Å². The normalized spacial score (nSPS) is 20.2. The van der Waals surface area contributed by atoms with Crippen LogP contribution in [0.25, 0.3) is 21.7 Å². The molecule has 0 radical (unpaired) electrons. The molecule has 0 aliphatic carbocycles. The maximum atomic E-state index is 14.0. The second kappa shape index (κ2) is 50.6. The number of carbonyl (C=O) groups is 4. The molecule has 0 bridgehead atoms. The highest BCUT2D eigenvalue weighted by molar-refractivity contribution is 9.10. The van der Waals surface area contributed by atoms with Gasteiger partial charge in [0.15, 0.2) is 50.1 Å². The summed E-state index contributed by atoms with van der Waals surface area (Å²) in [5.41, 5.74) is 21.4. The first-order valence-corrected chi connectivity index (χ1v) is 50.6. The van der Waals surface area contributed by atoms with Crippen molar-refractivity contribution in [1.29, 1.82) is 0 Å². The molecule has 11 aromatic rings. The van der Waals surface area contributed by atoms with E-state index in [1.165, 1.54) is 102 Å². The molecule has 4 unspecified atom stereocenters. The molecule has 4 aliphatic heterocycles. The number of aromatic nitrogens is 9. The highest BCUT2D eigenvalue weighted by atomic mass is 79.9. The molecule has 13 N–H and O–H groups in total. The number of nitrogen functional groups attached to an aromatic ring is 4. The van der Waals surface area contributed by atoms with Crippen molar-refractivity contribution in [3.8, 4) is 23.0 Å². The van der Waals surface area contributed by atoms with Crippen LogP contribution >= 0.6 is 46.9 Å². The van der Waals surface area contributed by atoms with E-state index >= 15 is 0 Å². The van der Waals surface area contributed by atoms with Gasteiger partial charge in [-0.15, -0.1) is 0 Å². The predicted octanol–water partition coefficient (Wildman–Crippen LogP) is 9.38. The van der Waals surface area contributed by atoms with Crippen LogP contribution in [-0.4, -0.2) is 196 Å². The van der Waals surface area contributed by atoms with Gasteiger partial charge in [-0.05, 0) is 144 Å². The topological polar surface area (TPSA) is 629 Å². The fourth-order valence-corrected chi connectivity index (χ4v) is 19.5. The molecule has 5 aromatic heterocycles. The lowest BCUT2D eigenvalue weighted by molar-refractivity contribution is -0.150. The average Bonchev–Trinajstić information content (AvgIpc) is 1.35. The van der Waals surface area contributed by atoms with Crippen molar-refractivity contribution in [3.63, 3.8) is 0 Å². The Kier molecular flexibility index (Phi) is 38.6. The van der Waals surface area contributed by atoms with Crippen LogP contribution in [0.5, 0.6) is 23.0 Å². The first kappa shape index (κ1) is 109. The molecular weight excluding hydrogens is 2010 g/mol. The van der Waals surface area contributed by atoms with E-state index < -0.39 is 152 Å². The molecule has 0 amide bonds. The van der Waals surface area contributed by atoms with Crippen LogP contribution < -0.4 is 84.1 Å². The zero-order chi connectivity index (χ0) is 102. The van der Waals surface area contributed by atoms with Gasteiger partial charge in [0, 0.05) is 58.2 Å². The van der Waals surface area contributed by atoms with Gasteiger partial charge < -0.3 is 103 Å². The number of rotatable bonds is 40. The van der Waals surface area contributed by atoms with E-state index in [1.54, 1.807) is 131 Å². The number of halogens is 1. The molecule has 142 heavy (non-hydrogen) atoms. The largest absolute Gasteiger partial charge is 0.468 e. The number of fused-ring (bicyclic) bond motifs is 2. The van der Waals surface area contributed by atoms with Crippen molar-refractivity contribution in [2.75, 3.05) is 90.0 Å². The Morgan fingerprint density at radius 1 is 0.408 bits per heavy atom. The number of methoxy groups -OCH3 is 2. The van der Waals surface area contributed by atoms with Gasteiger partial charge in [0.2, 0.25) is 0 Å². The summed E-state index contributed by atoms with van der Waals surface area (Å²) < 4.78 is 170. The number of aromatic amines is 1. The van der Waals surface area contributed by atoms with E-state index in [2.05, 4.69) is 65.9 Å². The maximum absolute atomic E-state index is 14.0. The molecule has 762 valence electrons. The van der Waals surface area contributed by atoms with Crippen LogP contribution in [0.3, 0.4) is 0 Å². The van der Waals surface area contributed by atoms with Crippen molar-refractivity contribution >= 4 is 116 Å². The highest BCUT2D eigenvalue weighted by Crippen LogP contribution is 2.51. The molecular formula is C88H106BrN17O32P4. The number of esters is 4. The molecule has 4 aliphatic rings. The van der Waals surface area contributed by atoms with Crippen molar-refractivity contribution in [1.82, 2.24) is 63.5 Å². The number of nitrogens with one attached hydrogen (secondary N) is 5. The summed E-state index contributed by atoms with van der Waals surface area (Å²) in [6.45, 7) is 10.1. The van der Waals surface area contributed by atoms with Gasteiger partial charge in [0.05, 0.1) is 52.9 Å². The van der Waals surface area contributed by atoms with E-state index in [4.69, 9.17) is 111 Å². The zero-order valence-electron chi connectivity index (χ0n) is 77.7. The van der Waals surface area contributed by atoms with Gasteiger partial charge in [0.25, 0.3) is 0 Å². The standard InChI is InChI=1S/C26H28N5O8P.C24H29N4O8P.C20H27N4O8P.C18H22BrN4O8P/c1-35-25(32)21(13-17-14-28-20-10-6-5-9-19(17)20)30-40(34,39-18-7-3-2-4-8-18)37-16-24-36-15-23(38-24)31-12-11-22(27)29-26(31)33;1-15(2)34-23(29)16(3)27-37(31,36-19-10-6-8-17-7-4-5-9-18(17)19)33-14-22-32-13-21(35-22)28-12-11-20(25)26-24(28)30;1-13(2)30-19(25)14(3)23-33(27,32-15-7-5-4-6-8-15)29-12-18-28-11-17(31-18)24-10-9-16(21)22-20(24)26;1-11(17(24)27-2)22-32(26,31-13-5-3-12(19)4-6-13)29-10-16-28-9-15(30-16)23-8-7-14(20)21-18(23)25/h2-12,14,21,23-24,28H,13,15-16H2,1H3,(H,30,34)(H2,27,29,33);4-12,15-16,21-22H,13-14H2,1-3H3,(H,27,31)(H2,25,26,30);4-10,13-14,17-18H,11-12H2,1-3H3,(H,23,27)(H2,21,22,26);3-8,11,15-16H,9-10H2,1-2H3,(H,22,26)(H2,20,21,25)/t21-,23+,24+,40?;16-,21-,22-,37?;14-,17-,18-,33?;11-,15-,16-,32?/m1000/s1. The Hall–Kier alpha value is -12.3. The quantitative estimate of drug-likeness (QED) is 0.00980. The van der Waals surface area contributed by atoms with Gasteiger partial charge >= 0.3 is 77.6 Å². The van der Waals surface area contributed by atoms with Gasteiger partial charge in [-0.2, -0.15) is 40.3 Å². The Morgan fingerprint density at radius 2 is 0.739 bits per heavy atom.